The quantitative estimate of drug-likeness (QED) is 0.274. The van der Waals surface area contributed by atoms with Crippen molar-refractivity contribution in [1.82, 2.24) is 34.7 Å². The van der Waals surface area contributed by atoms with Crippen LogP contribution in [-0.2, 0) is 10.0 Å². The van der Waals surface area contributed by atoms with E-state index in [4.69, 9.17) is 9.72 Å². The van der Waals surface area contributed by atoms with Crippen molar-refractivity contribution in [3.05, 3.63) is 48.7 Å². The molecular formula is C30H38FN11O3S. The molecule has 2 fully saturated rings. The summed E-state index contributed by atoms with van der Waals surface area (Å²) in [4.78, 5) is 29.0. The lowest BCUT2D eigenvalue weighted by Crippen LogP contribution is -2.52. The summed E-state index contributed by atoms with van der Waals surface area (Å²) in [5, 5.41) is 6.00. The SMILES string of the molecule is COc1nc(N2CCC(N3CCN(C)CC3)CC2)ccc1Nc1ncc(F)c(Nc2ccc3nccnc3c2N(C)S(C)(=O)=O)n1. The summed E-state index contributed by atoms with van der Waals surface area (Å²) >= 11 is 0. The fourth-order valence-corrected chi connectivity index (χ4v) is 6.39. The molecule has 1 aromatic carbocycles. The van der Waals surface area contributed by atoms with Gasteiger partial charge in [0.05, 0.1) is 30.8 Å². The standard InChI is InChI=1S/C30H38FN11O3S/c1-39-15-17-41(18-16-39)20-9-13-42(14-10-20)25-8-7-24(29(37-25)45-3)36-30-34-19-21(31)28(38-30)35-23-6-5-22-26(33-12-11-32-22)27(23)40(2)46(4,43)44/h5-8,11-12,19-20H,9-10,13-18H2,1-4H3,(H2,34,35,36,38). The molecule has 6 rings (SSSR count). The number of hydrogen-bond donors (Lipinski definition) is 2. The second-order valence-corrected chi connectivity index (χ2v) is 13.6. The highest BCUT2D eigenvalue weighted by molar-refractivity contribution is 7.92. The fourth-order valence-electron chi connectivity index (χ4n) is 5.88. The smallest absolute Gasteiger partial charge is 0.239 e. The number of fused-ring (bicyclic) bond motifs is 1. The van der Waals surface area contributed by atoms with Gasteiger partial charge in [-0.2, -0.15) is 9.97 Å². The number of sulfonamides is 1. The van der Waals surface area contributed by atoms with E-state index in [1.165, 1.54) is 26.6 Å². The van der Waals surface area contributed by atoms with E-state index in [2.05, 4.69) is 52.3 Å². The summed E-state index contributed by atoms with van der Waals surface area (Å²) in [6, 6.07) is 7.62. The molecule has 4 aromatic rings. The Bertz CT molecular complexity index is 1810. The highest BCUT2D eigenvalue weighted by Gasteiger charge is 2.28. The van der Waals surface area contributed by atoms with Crippen LogP contribution in [0.25, 0.3) is 11.0 Å². The predicted molar refractivity (Wildman–Crippen MR) is 176 cm³/mol. The number of methoxy groups -OCH3 is 1. The molecule has 0 radical (unpaired) electrons. The number of benzene rings is 1. The Kier molecular flexibility index (Phi) is 9.02. The lowest BCUT2D eigenvalue weighted by atomic mass is 10.0. The molecule has 14 nitrogen and oxygen atoms in total. The number of rotatable bonds is 9. The molecule has 0 bridgehead atoms. The van der Waals surface area contributed by atoms with Gasteiger partial charge in [0, 0.05) is 64.8 Å². The third-order valence-corrected chi connectivity index (χ3v) is 9.73. The maximum Gasteiger partial charge on any atom is 0.239 e. The molecule has 0 aliphatic carbocycles. The Labute approximate surface area is 267 Å². The molecule has 3 aromatic heterocycles. The minimum atomic E-state index is -3.69. The number of pyridine rings is 1. The van der Waals surface area contributed by atoms with Crippen molar-refractivity contribution in [2.75, 3.05) is 86.6 Å². The van der Waals surface area contributed by atoms with Crippen LogP contribution in [0.5, 0.6) is 5.88 Å². The maximum absolute atomic E-state index is 15.0. The van der Waals surface area contributed by atoms with Gasteiger partial charge in [0.2, 0.25) is 21.9 Å². The molecule has 0 amide bonds. The van der Waals surface area contributed by atoms with Crippen LogP contribution in [0, 0.1) is 5.82 Å². The molecular weight excluding hydrogens is 613 g/mol. The number of anilines is 6. The van der Waals surface area contributed by atoms with E-state index in [9.17, 15) is 8.42 Å². The molecule has 16 heteroatoms. The molecule has 0 saturated carbocycles. The van der Waals surface area contributed by atoms with Crippen LogP contribution in [0.2, 0.25) is 0 Å². The molecule has 244 valence electrons. The number of nitrogens with zero attached hydrogens (tertiary/aromatic N) is 9. The first-order valence-electron chi connectivity index (χ1n) is 15.1. The lowest BCUT2D eigenvalue weighted by Gasteiger charge is -2.42. The predicted octanol–water partition coefficient (Wildman–Crippen LogP) is 3.06. The lowest BCUT2D eigenvalue weighted by molar-refractivity contribution is 0.0981. The normalized spacial score (nSPS) is 16.8. The average Bonchev–Trinajstić information content (AvgIpc) is 3.06. The van der Waals surface area contributed by atoms with Crippen molar-refractivity contribution in [2.45, 2.75) is 18.9 Å². The monoisotopic (exact) mass is 651 g/mol. The van der Waals surface area contributed by atoms with Crippen molar-refractivity contribution in [3.8, 4) is 5.88 Å². The number of aromatic nitrogens is 5. The van der Waals surface area contributed by atoms with Gasteiger partial charge in [-0.25, -0.2) is 17.8 Å². The topological polar surface area (TPSA) is 145 Å². The zero-order valence-corrected chi connectivity index (χ0v) is 27.1. The van der Waals surface area contributed by atoms with E-state index in [0.29, 0.717) is 28.6 Å². The number of nitrogens with one attached hydrogen (secondary N) is 2. The first-order valence-corrected chi connectivity index (χ1v) is 16.9. The second-order valence-electron chi connectivity index (χ2n) is 11.5. The van der Waals surface area contributed by atoms with Crippen LogP contribution in [0.1, 0.15) is 12.8 Å². The Morgan fingerprint density at radius 3 is 2.37 bits per heavy atom. The minimum absolute atomic E-state index is 0.0864. The Morgan fingerprint density at radius 1 is 0.935 bits per heavy atom. The summed E-state index contributed by atoms with van der Waals surface area (Å²) in [5.74, 6) is 0.354. The van der Waals surface area contributed by atoms with Crippen molar-refractivity contribution < 1.29 is 17.5 Å². The van der Waals surface area contributed by atoms with Crippen LogP contribution < -0.4 is 24.6 Å². The largest absolute Gasteiger partial charge is 0.479 e. The number of piperidine rings is 1. The third-order valence-electron chi connectivity index (χ3n) is 8.55. The van der Waals surface area contributed by atoms with Gasteiger partial charge >= 0.3 is 0 Å². The molecule has 2 aliphatic heterocycles. The van der Waals surface area contributed by atoms with Crippen LogP contribution in [-0.4, -0.2) is 116 Å². The molecule has 2 saturated heterocycles. The van der Waals surface area contributed by atoms with Gasteiger partial charge in [0.1, 0.15) is 22.7 Å². The van der Waals surface area contributed by atoms with Gasteiger partial charge in [-0.05, 0) is 44.2 Å². The first-order chi connectivity index (χ1) is 22.1. The molecule has 2 aliphatic rings. The number of piperazine rings is 1. The van der Waals surface area contributed by atoms with Crippen molar-refractivity contribution in [1.29, 1.82) is 0 Å². The number of hydrogen-bond acceptors (Lipinski definition) is 13. The van der Waals surface area contributed by atoms with Crippen LogP contribution in [0.4, 0.5) is 39.0 Å². The molecule has 0 unspecified atom stereocenters. The third kappa shape index (κ3) is 6.73. The van der Waals surface area contributed by atoms with Crippen molar-refractivity contribution in [2.24, 2.45) is 0 Å². The maximum atomic E-state index is 15.0. The summed E-state index contributed by atoms with van der Waals surface area (Å²) in [5.41, 5.74) is 1.79. The molecule has 5 heterocycles. The van der Waals surface area contributed by atoms with Gasteiger partial charge in [-0.15, -0.1) is 0 Å². The summed E-state index contributed by atoms with van der Waals surface area (Å²) in [6.45, 7) is 6.28. The number of halogens is 1. The first kappa shape index (κ1) is 31.6. The van der Waals surface area contributed by atoms with E-state index >= 15 is 4.39 Å². The van der Waals surface area contributed by atoms with E-state index in [1.54, 1.807) is 12.1 Å². The zero-order chi connectivity index (χ0) is 32.4. The molecule has 2 N–H and O–H groups in total. The average molecular weight is 652 g/mol. The van der Waals surface area contributed by atoms with Gasteiger partial charge in [0.25, 0.3) is 0 Å². The molecule has 0 spiro atoms. The highest BCUT2D eigenvalue weighted by Crippen LogP contribution is 2.36. The minimum Gasteiger partial charge on any atom is -0.479 e. The van der Waals surface area contributed by atoms with E-state index in [1.807, 2.05) is 12.1 Å². The van der Waals surface area contributed by atoms with E-state index in [-0.39, 0.29) is 23.1 Å². The Balaban J connectivity index is 1.19. The second kappa shape index (κ2) is 13.1. The zero-order valence-electron chi connectivity index (χ0n) is 26.3. The summed E-state index contributed by atoms with van der Waals surface area (Å²) < 4.78 is 46.7. The number of likely N-dealkylation sites (N-methyl/N-ethyl adjacent to an activating group) is 1. The molecule has 0 atom stereocenters. The van der Waals surface area contributed by atoms with Crippen LogP contribution in [0.3, 0.4) is 0 Å². The molecule has 46 heavy (non-hydrogen) atoms. The van der Waals surface area contributed by atoms with Crippen molar-refractivity contribution >= 4 is 55.7 Å². The summed E-state index contributed by atoms with van der Waals surface area (Å²) in [7, 11) is 1.42. The van der Waals surface area contributed by atoms with Gasteiger partial charge in [-0.3, -0.25) is 19.2 Å². The van der Waals surface area contributed by atoms with Gasteiger partial charge in [0.15, 0.2) is 11.6 Å². The van der Waals surface area contributed by atoms with Gasteiger partial charge < -0.3 is 25.2 Å². The van der Waals surface area contributed by atoms with Crippen molar-refractivity contribution in [3.63, 3.8) is 0 Å². The fraction of sp³-hybridized carbons (Fsp3) is 0.433. The Morgan fingerprint density at radius 2 is 1.65 bits per heavy atom. The summed E-state index contributed by atoms with van der Waals surface area (Å²) in [6.07, 6.45) is 7.23. The van der Waals surface area contributed by atoms with E-state index < -0.39 is 15.8 Å². The van der Waals surface area contributed by atoms with E-state index in [0.717, 1.165) is 74.7 Å². The number of ether oxygens (including phenoxy) is 1. The van der Waals surface area contributed by atoms with Gasteiger partial charge in [-0.1, -0.05) is 0 Å². The van der Waals surface area contributed by atoms with Crippen LogP contribution >= 0.6 is 0 Å². The van der Waals surface area contributed by atoms with Crippen LogP contribution in [0.15, 0.2) is 42.9 Å². The Hall–Kier alpha value is -4.41. The highest BCUT2D eigenvalue weighted by atomic mass is 32.2.